The second-order valence-electron chi connectivity index (χ2n) is 8.78. The minimum atomic E-state index is -0.225. The summed E-state index contributed by atoms with van der Waals surface area (Å²) in [6.45, 7) is 2.71. The first-order chi connectivity index (χ1) is 17.2. The second-order valence-corrected chi connectivity index (χ2v) is 8.78. The van der Waals surface area contributed by atoms with Crippen LogP contribution in [-0.2, 0) is 6.54 Å². The maximum atomic E-state index is 12.9. The molecule has 1 aliphatic carbocycles. The van der Waals surface area contributed by atoms with Crippen molar-refractivity contribution < 1.29 is 14.0 Å². The Hall–Kier alpha value is -4.64. The topological polar surface area (TPSA) is 57.1 Å². The number of rotatable bonds is 3. The second kappa shape index (κ2) is 7.18. The van der Waals surface area contributed by atoms with Crippen LogP contribution in [0.3, 0.4) is 0 Å². The summed E-state index contributed by atoms with van der Waals surface area (Å²) in [6, 6.07) is 27.5. The van der Waals surface area contributed by atoms with Crippen molar-refractivity contribution in [2.24, 2.45) is 0 Å². The molecule has 0 atom stereocenters. The summed E-state index contributed by atoms with van der Waals surface area (Å²) >= 11 is 0. The lowest BCUT2D eigenvalue weighted by atomic mass is 10.1. The van der Waals surface area contributed by atoms with Crippen LogP contribution >= 0.6 is 0 Å². The van der Waals surface area contributed by atoms with Gasteiger partial charge in [-0.2, -0.15) is 0 Å². The quantitative estimate of drug-likeness (QED) is 0.217. The molecule has 6 aromatic rings. The zero-order valence-corrected chi connectivity index (χ0v) is 19.0. The van der Waals surface area contributed by atoms with Crippen LogP contribution in [0.2, 0.25) is 0 Å². The summed E-state index contributed by atoms with van der Waals surface area (Å²) in [5.74, 6) is 0.281. The van der Waals surface area contributed by atoms with Gasteiger partial charge >= 0.3 is 0 Å². The number of nitrogens with zero attached hydrogens (tertiary/aromatic N) is 2. The Morgan fingerprint density at radius 1 is 0.743 bits per heavy atom. The minimum Gasteiger partial charge on any atom is -0.438 e. The van der Waals surface area contributed by atoms with Gasteiger partial charge in [0.15, 0.2) is 17.1 Å². The van der Waals surface area contributed by atoms with Gasteiger partial charge in [-0.15, -0.1) is 0 Å². The highest BCUT2D eigenvalue weighted by Crippen LogP contribution is 2.35. The molecule has 0 saturated carbocycles. The summed E-state index contributed by atoms with van der Waals surface area (Å²) in [5.41, 5.74) is 5.71. The third-order valence-electron chi connectivity index (χ3n) is 6.92. The van der Waals surface area contributed by atoms with Crippen molar-refractivity contribution in [2.75, 3.05) is 0 Å². The van der Waals surface area contributed by atoms with Crippen LogP contribution in [0.1, 0.15) is 33.3 Å². The number of carbonyl (C=O) groups excluding carboxylic acids is 2. The van der Waals surface area contributed by atoms with Gasteiger partial charge in [0, 0.05) is 46.3 Å². The largest absolute Gasteiger partial charge is 0.438 e. The molecule has 0 unspecified atom stereocenters. The van der Waals surface area contributed by atoms with Gasteiger partial charge in [0.2, 0.25) is 5.88 Å². The van der Waals surface area contributed by atoms with Gasteiger partial charge in [-0.05, 0) is 25.1 Å². The van der Waals surface area contributed by atoms with Crippen molar-refractivity contribution in [3.8, 4) is 5.88 Å². The average Bonchev–Trinajstić information content (AvgIpc) is 3.59. The number of fused-ring (bicyclic) bond motifs is 5. The smallest absolute Gasteiger partial charge is 0.207 e. The van der Waals surface area contributed by atoms with Crippen LogP contribution in [0.25, 0.3) is 44.9 Å². The van der Waals surface area contributed by atoms with Crippen molar-refractivity contribution in [2.45, 2.75) is 13.5 Å². The third kappa shape index (κ3) is 2.69. The molecule has 5 heteroatoms. The number of furan rings is 1. The molecule has 35 heavy (non-hydrogen) atoms. The normalized spacial score (nSPS) is 13.5. The Bertz CT molecular complexity index is 1790. The highest BCUT2D eigenvalue weighted by Gasteiger charge is 2.33. The molecule has 0 spiro atoms. The van der Waals surface area contributed by atoms with E-state index in [4.69, 9.17) is 4.42 Å². The van der Waals surface area contributed by atoms with Crippen LogP contribution < -0.4 is 0 Å². The third-order valence-corrected chi connectivity index (χ3v) is 6.92. The molecule has 0 aliphatic heterocycles. The number of hydrogen-bond acceptors (Lipinski definition) is 3. The molecule has 0 saturated heterocycles. The van der Waals surface area contributed by atoms with Crippen molar-refractivity contribution in [3.63, 3.8) is 0 Å². The molecule has 7 rings (SSSR count). The molecule has 5 nitrogen and oxygen atoms in total. The number of carbonyl (C=O) groups is 2. The first-order valence-electron chi connectivity index (χ1n) is 11.7. The van der Waals surface area contributed by atoms with Crippen molar-refractivity contribution >= 4 is 50.5 Å². The number of aryl methyl sites for hydroxylation is 1. The van der Waals surface area contributed by atoms with Crippen LogP contribution in [0, 0.1) is 0 Å². The first kappa shape index (κ1) is 19.8. The summed E-state index contributed by atoms with van der Waals surface area (Å²) < 4.78 is 10.6. The maximum absolute atomic E-state index is 12.9. The van der Waals surface area contributed by atoms with Crippen LogP contribution in [-0.4, -0.2) is 20.7 Å². The van der Waals surface area contributed by atoms with E-state index in [0.29, 0.717) is 23.3 Å². The fourth-order valence-electron chi connectivity index (χ4n) is 5.34. The number of aromatic nitrogens is 2. The summed E-state index contributed by atoms with van der Waals surface area (Å²) in [4.78, 5) is 25.8. The Balaban J connectivity index is 1.40. The lowest BCUT2D eigenvalue weighted by Crippen LogP contribution is -2.03. The molecule has 3 aromatic heterocycles. The lowest BCUT2D eigenvalue weighted by Gasteiger charge is -2.05. The van der Waals surface area contributed by atoms with E-state index in [0.717, 1.165) is 28.1 Å². The molecular formula is C30H20N2O3. The Morgan fingerprint density at radius 3 is 1.91 bits per heavy atom. The van der Waals surface area contributed by atoms with E-state index < -0.39 is 0 Å². The molecule has 1 aliphatic rings. The zero-order valence-electron chi connectivity index (χ0n) is 19.0. The molecule has 0 radical (unpaired) electrons. The minimum absolute atomic E-state index is 0.198. The average molecular weight is 457 g/mol. The number of benzene rings is 3. The highest BCUT2D eigenvalue weighted by molar-refractivity contribution is 6.41. The Kier molecular flexibility index (Phi) is 4.06. The van der Waals surface area contributed by atoms with E-state index in [9.17, 15) is 9.59 Å². The standard InChI is InChI=1S/C30H20N2O3/c1-2-31-18(15-23-29(33)21-11-3-4-12-22(21)30(23)34)16-27-26(31)17-28(35-27)32-24-13-7-5-9-19(24)20-10-6-8-14-25(20)32/h3-17H,2H2,1H3. The fraction of sp³-hybridized carbons (Fsp3) is 0.0667. The molecule has 0 N–H and O–H groups in total. The number of para-hydroxylation sites is 2. The number of hydrogen-bond donors (Lipinski definition) is 0. The molecular weight excluding hydrogens is 436 g/mol. The Labute approximate surface area is 200 Å². The summed E-state index contributed by atoms with van der Waals surface area (Å²) in [6.07, 6.45) is 1.70. The fourth-order valence-corrected chi connectivity index (χ4v) is 5.34. The predicted molar refractivity (Wildman–Crippen MR) is 137 cm³/mol. The monoisotopic (exact) mass is 456 g/mol. The van der Waals surface area contributed by atoms with Crippen LogP contribution in [0.15, 0.2) is 94.9 Å². The van der Waals surface area contributed by atoms with Gasteiger partial charge in [-0.1, -0.05) is 60.7 Å². The summed E-state index contributed by atoms with van der Waals surface area (Å²) in [5, 5.41) is 2.34. The highest BCUT2D eigenvalue weighted by atomic mass is 16.4. The maximum Gasteiger partial charge on any atom is 0.207 e. The van der Waals surface area contributed by atoms with Crippen molar-refractivity contribution in [1.82, 2.24) is 9.13 Å². The lowest BCUT2D eigenvalue weighted by molar-refractivity contribution is 0.0990. The molecule has 0 amide bonds. The van der Waals surface area contributed by atoms with Crippen LogP contribution in [0.4, 0.5) is 0 Å². The molecule has 0 fully saturated rings. The molecule has 3 aromatic carbocycles. The van der Waals surface area contributed by atoms with Gasteiger partial charge in [-0.25, -0.2) is 0 Å². The molecule has 0 bridgehead atoms. The van der Waals surface area contributed by atoms with Gasteiger partial charge in [0.05, 0.1) is 22.1 Å². The number of Topliss-reactive ketones (excluding diaryl/α,β-unsaturated/α-hetero) is 2. The van der Waals surface area contributed by atoms with E-state index in [1.54, 1.807) is 30.3 Å². The van der Waals surface area contributed by atoms with Gasteiger partial charge in [-0.3, -0.25) is 14.2 Å². The SMILES string of the molecule is CCn1c(C=C2C(=O)c3ccccc3C2=O)cc2oc(-n3c4ccccc4c4ccccc43)cc21. The zero-order chi connectivity index (χ0) is 23.7. The van der Waals surface area contributed by atoms with E-state index in [-0.39, 0.29) is 17.1 Å². The van der Waals surface area contributed by atoms with E-state index >= 15 is 0 Å². The van der Waals surface area contributed by atoms with E-state index in [1.807, 2.05) is 43.3 Å². The summed E-state index contributed by atoms with van der Waals surface area (Å²) in [7, 11) is 0. The Morgan fingerprint density at radius 2 is 1.31 bits per heavy atom. The van der Waals surface area contributed by atoms with Gasteiger partial charge in [0.1, 0.15) is 0 Å². The van der Waals surface area contributed by atoms with Crippen LogP contribution in [0.5, 0.6) is 0 Å². The van der Waals surface area contributed by atoms with E-state index in [1.165, 1.54) is 10.8 Å². The molecule has 168 valence electrons. The van der Waals surface area contributed by atoms with E-state index in [2.05, 4.69) is 33.4 Å². The van der Waals surface area contributed by atoms with Crippen molar-refractivity contribution in [3.05, 3.63) is 107 Å². The van der Waals surface area contributed by atoms with Crippen molar-refractivity contribution in [1.29, 1.82) is 0 Å². The predicted octanol–water partition coefficient (Wildman–Crippen LogP) is 6.81. The van der Waals surface area contributed by atoms with Gasteiger partial charge < -0.3 is 8.98 Å². The van der Waals surface area contributed by atoms with Gasteiger partial charge in [0.25, 0.3) is 0 Å². The first-order valence-corrected chi connectivity index (χ1v) is 11.7. The number of allylic oxidation sites excluding steroid dienone is 1. The number of ketones is 2. The molecule has 3 heterocycles.